The Morgan fingerprint density at radius 2 is 1.89 bits per heavy atom. The van der Waals surface area contributed by atoms with Crippen molar-refractivity contribution in [2.24, 2.45) is 7.05 Å². The zero-order valence-corrected chi connectivity index (χ0v) is 21.5. The zero-order valence-electron chi connectivity index (χ0n) is 21.5. The van der Waals surface area contributed by atoms with E-state index in [9.17, 15) is 4.79 Å². The Bertz CT molecular complexity index is 1640. The van der Waals surface area contributed by atoms with Gasteiger partial charge in [0, 0.05) is 31.2 Å². The Morgan fingerprint density at radius 3 is 2.71 bits per heavy atom. The molecule has 5 rings (SSSR count). The number of fused-ring (bicyclic) bond motifs is 2. The fourth-order valence-electron chi connectivity index (χ4n) is 4.08. The fraction of sp³-hybridized carbons (Fsp3) is 0.172. The predicted octanol–water partition coefficient (Wildman–Crippen LogP) is 5.38. The third-order valence-corrected chi connectivity index (χ3v) is 6.22. The second-order valence-electron chi connectivity index (χ2n) is 8.93. The molecule has 0 aliphatic heterocycles. The van der Waals surface area contributed by atoms with Gasteiger partial charge in [-0.15, -0.1) is 0 Å². The molecule has 2 aromatic heterocycles. The lowest BCUT2D eigenvalue weighted by Gasteiger charge is -2.16. The molecule has 1 amide bonds. The van der Waals surface area contributed by atoms with E-state index in [2.05, 4.69) is 26.8 Å². The summed E-state index contributed by atoms with van der Waals surface area (Å²) in [5, 5.41) is 4.21. The molecular weight excluding hydrogens is 480 g/mol. The maximum atomic E-state index is 11.6. The number of anilines is 2. The maximum Gasteiger partial charge on any atom is 0.245 e. The van der Waals surface area contributed by atoms with Crippen molar-refractivity contribution < 1.29 is 14.3 Å². The van der Waals surface area contributed by atoms with Crippen LogP contribution < -0.4 is 14.8 Å². The van der Waals surface area contributed by atoms with E-state index in [0.717, 1.165) is 44.7 Å². The summed E-state index contributed by atoms with van der Waals surface area (Å²) in [7, 11) is 3.68. The number of hydrogen-bond donors (Lipinski definition) is 1. The van der Waals surface area contributed by atoms with Crippen molar-refractivity contribution in [1.29, 1.82) is 0 Å². The molecule has 0 fully saturated rings. The summed E-state index contributed by atoms with van der Waals surface area (Å²) in [5.74, 6) is 2.67. The molecule has 3 aromatic carbocycles. The van der Waals surface area contributed by atoms with Gasteiger partial charge in [-0.25, -0.2) is 15.0 Å². The number of carbonyl (C=O) groups excluding carboxylic acids is 1. The Morgan fingerprint density at radius 1 is 1.05 bits per heavy atom. The van der Waals surface area contributed by atoms with Crippen LogP contribution in [0.3, 0.4) is 0 Å². The number of rotatable bonds is 9. The van der Waals surface area contributed by atoms with Crippen LogP contribution in [-0.4, -0.2) is 50.5 Å². The molecule has 9 nitrogen and oxygen atoms in total. The van der Waals surface area contributed by atoms with Gasteiger partial charge in [0.1, 0.15) is 36.0 Å². The molecule has 0 saturated carbocycles. The van der Waals surface area contributed by atoms with Gasteiger partial charge >= 0.3 is 0 Å². The number of ether oxygens (including phenoxy) is 2. The number of nitrogens with one attached hydrogen (secondary N) is 1. The van der Waals surface area contributed by atoms with Crippen molar-refractivity contribution in [3.05, 3.63) is 85.5 Å². The molecule has 0 spiro atoms. The van der Waals surface area contributed by atoms with Crippen LogP contribution >= 0.6 is 0 Å². The molecule has 192 valence electrons. The van der Waals surface area contributed by atoms with E-state index in [4.69, 9.17) is 9.47 Å². The lowest BCUT2D eigenvalue weighted by atomic mass is 10.2. The number of carbonyl (C=O) groups is 1. The molecule has 0 unspecified atom stereocenters. The Hall–Kier alpha value is -4.92. The number of aromatic nitrogens is 4. The summed E-state index contributed by atoms with van der Waals surface area (Å²) in [4.78, 5) is 26.4. The quantitative estimate of drug-likeness (QED) is 0.267. The number of benzene rings is 3. The van der Waals surface area contributed by atoms with E-state index in [1.54, 1.807) is 18.3 Å². The number of amides is 1. The highest BCUT2D eigenvalue weighted by Crippen LogP contribution is 2.31. The average Bonchev–Trinajstić information content (AvgIpc) is 3.29. The largest absolute Gasteiger partial charge is 0.492 e. The second-order valence-corrected chi connectivity index (χ2v) is 8.93. The van der Waals surface area contributed by atoms with Crippen molar-refractivity contribution in [2.75, 3.05) is 25.5 Å². The minimum Gasteiger partial charge on any atom is -0.492 e. The summed E-state index contributed by atoms with van der Waals surface area (Å²) in [6.07, 6.45) is 4.60. The minimum atomic E-state index is -0.145. The van der Waals surface area contributed by atoms with Crippen LogP contribution in [-0.2, 0) is 11.8 Å². The third kappa shape index (κ3) is 5.27. The highest BCUT2D eigenvalue weighted by molar-refractivity contribution is 5.91. The van der Waals surface area contributed by atoms with Crippen LogP contribution in [0, 0.1) is 6.92 Å². The number of imidazole rings is 1. The predicted molar refractivity (Wildman–Crippen MR) is 148 cm³/mol. The van der Waals surface area contributed by atoms with E-state index in [0.29, 0.717) is 24.7 Å². The fourth-order valence-corrected chi connectivity index (χ4v) is 4.08. The molecule has 0 bridgehead atoms. The van der Waals surface area contributed by atoms with Crippen molar-refractivity contribution in [2.45, 2.75) is 6.92 Å². The maximum absolute atomic E-state index is 11.6. The van der Waals surface area contributed by atoms with Crippen molar-refractivity contribution in [3.63, 3.8) is 0 Å². The highest BCUT2D eigenvalue weighted by Gasteiger charge is 2.10. The van der Waals surface area contributed by atoms with Gasteiger partial charge in [0.25, 0.3) is 0 Å². The van der Waals surface area contributed by atoms with E-state index in [1.165, 1.54) is 12.4 Å². The van der Waals surface area contributed by atoms with Crippen LogP contribution in [0.5, 0.6) is 17.2 Å². The molecule has 0 saturated heterocycles. The summed E-state index contributed by atoms with van der Waals surface area (Å²) in [6, 6.07) is 17.4. The molecule has 0 aliphatic carbocycles. The molecule has 5 aromatic rings. The van der Waals surface area contributed by atoms with Gasteiger partial charge in [-0.2, -0.15) is 0 Å². The number of likely N-dealkylation sites (N-methyl/N-ethyl adjacent to an activating group) is 1. The van der Waals surface area contributed by atoms with Gasteiger partial charge in [0.15, 0.2) is 0 Å². The standard InChI is InChI=1S/C29H28N6O3/c1-5-28(36)34(3)12-13-37-21-7-9-24-23(15-21)29(31-17-30-24)33-20-6-11-27(19(2)14-20)38-22-8-10-26-25(16-22)32-18-35(26)4/h5-11,14-18H,1,12-13H2,2-4H3,(H,30,31,33). The minimum absolute atomic E-state index is 0.145. The Kier molecular flexibility index (Phi) is 6.90. The van der Waals surface area contributed by atoms with E-state index in [-0.39, 0.29) is 5.91 Å². The van der Waals surface area contributed by atoms with Crippen LogP contribution in [0.25, 0.3) is 21.9 Å². The van der Waals surface area contributed by atoms with Gasteiger partial charge in [-0.1, -0.05) is 6.58 Å². The summed E-state index contributed by atoms with van der Waals surface area (Å²) in [5.41, 5.74) is 4.56. The summed E-state index contributed by atoms with van der Waals surface area (Å²) in [6.45, 7) is 6.30. The van der Waals surface area contributed by atoms with E-state index >= 15 is 0 Å². The van der Waals surface area contributed by atoms with Crippen LogP contribution in [0.2, 0.25) is 0 Å². The first-order chi connectivity index (χ1) is 18.4. The molecule has 38 heavy (non-hydrogen) atoms. The first-order valence-corrected chi connectivity index (χ1v) is 12.1. The first kappa shape index (κ1) is 24.8. The average molecular weight is 509 g/mol. The van der Waals surface area contributed by atoms with Crippen molar-refractivity contribution in [1.82, 2.24) is 24.4 Å². The summed E-state index contributed by atoms with van der Waals surface area (Å²) >= 11 is 0. The lowest BCUT2D eigenvalue weighted by Crippen LogP contribution is -2.29. The Balaban J connectivity index is 1.31. The molecular formula is C29H28N6O3. The van der Waals surface area contributed by atoms with Gasteiger partial charge in [-0.3, -0.25) is 4.79 Å². The molecule has 2 heterocycles. The van der Waals surface area contributed by atoms with Gasteiger partial charge < -0.3 is 24.3 Å². The van der Waals surface area contributed by atoms with Gasteiger partial charge in [0.05, 0.1) is 29.4 Å². The zero-order chi connectivity index (χ0) is 26.6. The number of aryl methyl sites for hydroxylation is 2. The van der Waals surface area contributed by atoms with Crippen molar-refractivity contribution in [3.8, 4) is 17.2 Å². The molecule has 0 atom stereocenters. The monoisotopic (exact) mass is 508 g/mol. The van der Waals surface area contributed by atoms with Crippen molar-refractivity contribution >= 4 is 39.3 Å². The first-order valence-electron chi connectivity index (χ1n) is 12.1. The van der Waals surface area contributed by atoms with Gasteiger partial charge in [0.2, 0.25) is 5.91 Å². The number of hydrogen-bond acceptors (Lipinski definition) is 7. The lowest BCUT2D eigenvalue weighted by molar-refractivity contribution is -0.125. The molecule has 0 radical (unpaired) electrons. The smallest absolute Gasteiger partial charge is 0.245 e. The van der Waals surface area contributed by atoms with Crippen LogP contribution in [0.1, 0.15) is 5.56 Å². The van der Waals surface area contributed by atoms with E-state index < -0.39 is 0 Å². The molecule has 1 N–H and O–H groups in total. The van der Waals surface area contributed by atoms with Gasteiger partial charge in [-0.05, 0) is 67.1 Å². The Labute approximate surface area is 220 Å². The van der Waals surface area contributed by atoms with Crippen LogP contribution in [0.4, 0.5) is 11.5 Å². The summed E-state index contributed by atoms with van der Waals surface area (Å²) < 4.78 is 14.0. The third-order valence-electron chi connectivity index (χ3n) is 6.22. The molecule has 9 heteroatoms. The SMILES string of the molecule is C=CC(=O)N(C)CCOc1ccc2ncnc(Nc3ccc(Oc4ccc5c(c4)ncn5C)c(C)c3)c2c1. The topological polar surface area (TPSA) is 94.4 Å². The second kappa shape index (κ2) is 10.6. The number of nitrogens with zero attached hydrogens (tertiary/aromatic N) is 5. The normalized spacial score (nSPS) is 10.9. The van der Waals surface area contributed by atoms with E-state index in [1.807, 2.05) is 73.1 Å². The highest BCUT2D eigenvalue weighted by atomic mass is 16.5. The molecule has 0 aliphatic rings. The van der Waals surface area contributed by atoms with Crippen LogP contribution in [0.15, 0.2) is 79.9 Å².